The van der Waals surface area contributed by atoms with Crippen molar-refractivity contribution >= 4 is 42.2 Å². The molecule has 0 bridgehead atoms. The standard InChI is InChI=1S/C17H14N6O3.2ClH/c18-16(19)10-3-1-2-9(6-10)13-8-15(26-22-13)12-7-11(17(20)21)4-5-14(12)23(24)25;;/h1-8H,(H3,18,19)(H3,20,21);2*1H. The summed E-state index contributed by atoms with van der Waals surface area (Å²) < 4.78 is 5.28. The molecule has 2 aromatic carbocycles. The highest BCUT2D eigenvalue weighted by atomic mass is 35.5. The molecule has 0 saturated heterocycles. The zero-order chi connectivity index (χ0) is 18.8. The summed E-state index contributed by atoms with van der Waals surface area (Å²) in [5, 5.41) is 30.2. The van der Waals surface area contributed by atoms with Crippen LogP contribution >= 0.6 is 24.8 Å². The van der Waals surface area contributed by atoms with E-state index in [-0.39, 0.29) is 53.5 Å². The fourth-order valence-corrected chi connectivity index (χ4v) is 2.44. The summed E-state index contributed by atoms with van der Waals surface area (Å²) >= 11 is 0. The second-order valence-corrected chi connectivity index (χ2v) is 5.47. The first-order chi connectivity index (χ1) is 12.4. The Balaban J connectivity index is 0.00000196. The molecule has 6 N–H and O–H groups in total. The monoisotopic (exact) mass is 422 g/mol. The number of nitrogens with zero attached hydrogens (tertiary/aromatic N) is 2. The van der Waals surface area contributed by atoms with E-state index in [0.29, 0.717) is 22.4 Å². The predicted molar refractivity (Wildman–Crippen MR) is 111 cm³/mol. The Morgan fingerprint density at radius 1 is 1.00 bits per heavy atom. The molecule has 0 aliphatic rings. The summed E-state index contributed by atoms with van der Waals surface area (Å²) in [4.78, 5) is 10.7. The lowest BCUT2D eigenvalue weighted by Crippen LogP contribution is -2.11. The van der Waals surface area contributed by atoms with Crippen LogP contribution in [0, 0.1) is 20.9 Å². The van der Waals surface area contributed by atoms with Crippen molar-refractivity contribution in [2.45, 2.75) is 0 Å². The van der Waals surface area contributed by atoms with Gasteiger partial charge in [-0.15, -0.1) is 24.8 Å². The van der Waals surface area contributed by atoms with Gasteiger partial charge in [-0.25, -0.2) is 0 Å². The summed E-state index contributed by atoms with van der Waals surface area (Å²) in [5.74, 6) is -0.126. The summed E-state index contributed by atoms with van der Waals surface area (Å²) in [7, 11) is 0. The number of nitrogens with two attached hydrogens (primary N) is 2. The number of amidine groups is 2. The van der Waals surface area contributed by atoms with E-state index in [4.69, 9.17) is 26.8 Å². The van der Waals surface area contributed by atoms with E-state index < -0.39 is 4.92 Å². The zero-order valence-electron chi connectivity index (χ0n) is 14.2. The number of nitro benzene ring substituents is 1. The third-order valence-electron chi connectivity index (χ3n) is 3.75. The maximum atomic E-state index is 11.3. The summed E-state index contributed by atoms with van der Waals surface area (Å²) in [5.41, 5.74) is 12.9. The second-order valence-electron chi connectivity index (χ2n) is 5.47. The van der Waals surface area contributed by atoms with Crippen LogP contribution in [-0.4, -0.2) is 21.8 Å². The van der Waals surface area contributed by atoms with Crippen LogP contribution in [0.25, 0.3) is 22.6 Å². The van der Waals surface area contributed by atoms with E-state index in [1.54, 1.807) is 30.3 Å². The van der Waals surface area contributed by atoms with Gasteiger partial charge in [0.25, 0.3) is 5.69 Å². The van der Waals surface area contributed by atoms with Gasteiger partial charge in [0.05, 0.1) is 10.5 Å². The molecule has 1 aromatic heterocycles. The zero-order valence-corrected chi connectivity index (χ0v) is 15.8. The van der Waals surface area contributed by atoms with Crippen molar-refractivity contribution in [1.29, 1.82) is 10.8 Å². The first-order valence-electron chi connectivity index (χ1n) is 7.41. The lowest BCUT2D eigenvalue weighted by Gasteiger charge is -2.02. The predicted octanol–water partition coefficient (Wildman–Crippen LogP) is 3.33. The van der Waals surface area contributed by atoms with Gasteiger partial charge in [0.1, 0.15) is 17.4 Å². The SMILES string of the molecule is Cl.Cl.N=C(N)c1cccc(-c2cc(-c3cc(C(=N)N)ccc3[N+](=O)[O-])on2)c1. The lowest BCUT2D eigenvalue weighted by molar-refractivity contribution is -0.384. The van der Waals surface area contributed by atoms with Crippen molar-refractivity contribution < 1.29 is 9.45 Å². The Hall–Kier alpha value is -3.43. The van der Waals surface area contributed by atoms with Gasteiger partial charge in [-0.1, -0.05) is 23.4 Å². The van der Waals surface area contributed by atoms with Gasteiger partial charge in [0, 0.05) is 28.8 Å². The number of rotatable bonds is 5. The van der Waals surface area contributed by atoms with E-state index in [2.05, 4.69) is 5.16 Å². The van der Waals surface area contributed by atoms with Gasteiger partial charge in [-0.2, -0.15) is 0 Å². The number of nitro groups is 1. The van der Waals surface area contributed by atoms with Crippen molar-refractivity contribution in [2.75, 3.05) is 0 Å². The van der Waals surface area contributed by atoms with Gasteiger partial charge >= 0.3 is 0 Å². The number of hydrogen-bond donors (Lipinski definition) is 4. The Morgan fingerprint density at radius 3 is 2.25 bits per heavy atom. The summed E-state index contributed by atoms with van der Waals surface area (Å²) in [6.45, 7) is 0. The van der Waals surface area contributed by atoms with Crippen molar-refractivity contribution in [3.63, 3.8) is 0 Å². The Bertz CT molecular complexity index is 1050. The largest absolute Gasteiger partial charge is 0.384 e. The van der Waals surface area contributed by atoms with Crippen LogP contribution in [0.3, 0.4) is 0 Å². The fourth-order valence-electron chi connectivity index (χ4n) is 2.44. The molecular formula is C17H16Cl2N6O3. The first-order valence-corrected chi connectivity index (χ1v) is 7.41. The normalized spacial score (nSPS) is 9.71. The van der Waals surface area contributed by atoms with Crippen LogP contribution in [0.15, 0.2) is 53.1 Å². The molecule has 0 unspecified atom stereocenters. The Kier molecular flexibility index (Phi) is 7.25. The minimum atomic E-state index is -0.544. The number of halogens is 2. The van der Waals surface area contributed by atoms with E-state index >= 15 is 0 Å². The fraction of sp³-hybridized carbons (Fsp3) is 0. The van der Waals surface area contributed by atoms with Crippen LogP contribution in [-0.2, 0) is 0 Å². The first kappa shape index (κ1) is 22.6. The molecule has 0 amide bonds. The second kappa shape index (κ2) is 8.98. The molecule has 0 atom stereocenters. The van der Waals surface area contributed by atoms with Crippen LogP contribution in [0.1, 0.15) is 11.1 Å². The molecule has 0 saturated carbocycles. The topological polar surface area (TPSA) is 169 Å². The lowest BCUT2D eigenvalue weighted by atomic mass is 10.0. The maximum Gasteiger partial charge on any atom is 0.280 e. The molecule has 28 heavy (non-hydrogen) atoms. The van der Waals surface area contributed by atoms with Crippen molar-refractivity contribution in [2.24, 2.45) is 11.5 Å². The molecule has 146 valence electrons. The maximum absolute atomic E-state index is 11.3. The third kappa shape index (κ3) is 4.45. The van der Waals surface area contributed by atoms with Crippen molar-refractivity contribution in [1.82, 2.24) is 5.16 Å². The van der Waals surface area contributed by atoms with Gasteiger partial charge in [0.2, 0.25) is 0 Å². The smallest absolute Gasteiger partial charge is 0.280 e. The van der Waals surface area contributed by atoms with Crippen LogP contribution in [0.4, 0.5) is 5.69 Å². The summed E-state index contributed by atoms with van der Waals surface area (Å²) in [6, 6.07) is 12.5. The van der Waals surface area contributed by atoms with Gasteiger partial charge in [0.15, 0.2) is 5.76 Å². The van der Waals surface area contributed by atoms with Crippen LogP contribution in [0.2, 0.25) is 0 Å². The quantitative estimate of drug-likeness (QED) is 0.212. The van der Waals surface area contributed by atoms with Crippen molar-refractivity contribution in [3.05, 3.63) is 69.8 Å². The minimum absolute atomic E-state index is 0. The number of nitrogen functional groups attached to an aromatic ring is 2. The van der Waals surface area contributed by atoms with E-state index in [9.17, 15) is 10.1 Å². The average Bonchev–Trinajstić information content (AvgIpc) is 3.11. The molecule has 1 heterocycles. The molecule has 11 heteroatoms. The van der Waals surface area contributed by atoms with Crippen LogP contribution in [0.5, 0.6) is 0 Å². The number of nitrogens with one attached hydrogen (secondary N) is 2. The van der Waals surface area contributed by atoms with Crippen LogP contribution < -0.4 is 11.5 Å². The van der Waals surface area contributed by atoms with Gasteiger partial charge in [-0.05, 0) is 18.2 Å². The highest BCUT2D eigenvalue weighted by molar-refractivity contribution is 5.97. The van der Waals surface area contributed by atoms with E-state index in [0.717, 1.165) is 0 Å². The van der Waals surface area contributed by atoms with Gasteiger partial charge in [-0.3, -0.25) is 20.9 Å². The molecule has 3 aromatic rings. The molecular weight excluding hydrogens is 407 g/mol. The highest BCUT2D eigenvalue weighted by Gasteiger charge is 2.21. The number of hydrogen-bond acceptors (Lipinski definition) is 6. The highest BCUT2D eigenvalue weighted by Crippen LogP contribution is 2.33. The third-order valence-corrected chi connectivity index (χ3v) is 3.75. The molecule has 0 aliphatic carbocycles. The number of benzene rings is 2. The molecule has 0 aliphatic heterocycles. The molecule has 9 nitrogen and oxygen atoms in total. The Labute approximate surface area is 171 Å². The van der Waals surface area contributed by atoms with E-state index in [1.807, 2.05) is 0 Å². The molecule has 3 rings (SSSR count). The molecule has 0 spiro atoms. The van der Waals surface area contributed by atoms with Crippen molar-refractivity contribution in [3.8, 4) is 22.6 Å². The minimum Gasteiger partial charge on any atom is -0.384 e. The van der Waals surface area contributed by atoms with Gasteiger partial charge < -0.3 is 16.0 Å². The van der Waals surface area contributed by atoms with E-state index in [1.165, 1.54) is 18.2 Å². The molecule has 0 radical (unpaired) electrons. The summed E-state index contributed by atoms with van der Waals surface area (Å²) in [6.07, 6.45) is 0. The number of aromatic nitrogens is 1. The Morgan fingerprint density at radius 2 is 1.64 bits per heavy atom. The average molecular weight is 423 g/mol. The molecule has 0 fully saturated rings.